The second-order valence-corrected chi connectivity index (χ2v) is 7.63. The van der Waals surface area contributed by atoms with E-state index in [1.54, 1.807) is 6.07 Å². The maximum absolute atomic E-state index is 6.26. The van der Waals surface area contributed by atoms with Gasteiger partial charge in [0.15, 0.2) is 0 Å². The third-order valence-corrected chi connectivity index (χ3v) is 5.20. The third kappa shape index (κ3) is 5.88. The molecule has 0 saturated carbocycles. The van der Waals surface area contributed by atoms with Crippen molar-refractivity contribution in [3.63, 3.8) is 0 Å². The molecule has 2 aromatic rings. The largest absolute Gasteiger partial charge is 0.372 e. The van der Waals surface area contributed by atoms with Crippen molar-refractivity contribution in [2.24, 2.45) is 4.99 Å². The summed E-state index contributed by atoms with van der Waals surface area (Å²) in [6.45, 7) is 3.09. The van der Waals surface area contributed by atoms with Crippen molar-refractivity contribution in [1.82, 2.24) is 4.90 Å². The van der Waals surface area contributed by atoms with Crippen LogP contribution in [0.1, 0.15) is 17.5 Å². The van der Waals surface area contributed by atoms with E-state index in [9.17, 15) is 0 Å². The predicted molar refractivity (Wildman–Crippen MR) is 110 cm³/mol. The summed E-state index contributed by atoms with van der Waals surface area (Å²) in [5.74, 6) is 0. The zero-order chi connectivity index (χ0) is 18.4. The number of rotatable bonds is 8. The maximum atomic E-state index is 6.26. The van der Waals surface area contributed by atoms with Gasteiger partial charge >= 0.3 is 0 Å². The molecule has 0 saturated heterocycles. The maximum Gasteiger partial charge on any atom is 0.0852 e. The van der Waals surface area contributed by atoms with Crippen molar-refractivity contribution < 1.29 is 4.74 Å². The van der Waals surface area contributed by atoms with E-state index < -0.39 is 0 Å². The van der Waals surface area contributed by atoms with Crippen LogP contribution >= 0.6 is 34.8 Å². The second kappa shape index (κ2) is 9.61. The van der Waals surface area contributed by atoms with Gasteiger partial charge in [-0.15, -0.1) is 0 Å². The highest BCUT2D eigenvalue weighted by Gasteiger charge is 2.16. The summed E-state index contributed by atoms with van der Waals surface area (Å²) in [5.41, 5.74) is 2.20. The fourth-order valence-electron chi connectivity index (χ4n) is 2.87. The Balaban J connectivity index is 1.60. The lowest BCUT2D eigenvalue weighted by molar-refractivity contribution is 0.0238. The molecule has 0 bridgehead atoms. The van der Waals surface area contributed by atoms with Crippen LogP contribution in [0, 0.1) is 0 Å². The number of halogens is 3. The lowest BCUT2D eigenvalue weighted by atomic mass is 10.1. The predicted octanol–water partition coefficient (Wildman–Crippen LogP) is 5.51. The number of ether oxygens (including phenoxy) is 1. The molecule has 26 heavy (non-hydrogen) atoms. The van der Waals surface area contributed by atoms with Crippen molar-refractivity contribution >= 4 is 41.1 Å². The van der Waals surface area contributed by atoms with Gasteiger partial charge in [-0.05, 0) is 48.2 Å². The minimum atomic E-state index is 0.0852. The van der Waals surface area contributed by atoms with Gasteiger partial charge in [-0.1, -0.05) is 53.0 Å². The van der Waals surface area contributed by atoms with Crippen molar-refractivity contribution in [3.05, 3.63) is 68.7 Å². The van der Waals surface area contributed by atoms with Crippen LogP contribution in [0.25, 0.3) is 0 Å². The normalized spacial score (nSPS) is 14.8. The van der Waals surface area contributed by atoms with E-state index in [4.69, 9.17) is 39.5 Å². The number of aryl methyl sites for hydroxylation is 1. The first-order valence-electron chi connectivity index (χ1n) is 8.64. The zero-order valence-corrected chi connectivity index (χ0v) is 16.6. The Morgan fingerprint density at radius 1 is 1.04 bits per heavy atom. The third-order valence-electron chi connectivity index (χ3n) is 4.36. The molecule has 3 rings (SSSR count). The number of nitrogens with zero attached hydrogens (tertiary/aromatic N) is 2. The Kier molecular flexibility index (Phi) is 7.21. The molecular formula is C20H21Cl3N2O. The zero-order valence-electron chi connectivity index (χ0n) is 14.4. The van der Waals surface area contributed by atoms with Gasteiger partial charge in [0.1, 0.15) is 0 Å². The van der Waals surface area contributed by atoms with E-state index in [-0.39, 0.29) is 6.10 Å². The van der Waals surface area contributed by atoms with E-state index in [1.807, 2.05) is 30.6 Å². The summed E-state index contributed by atoms with van der Waals surface area (Å²) in [6, 6.07) is 13.5. The minimum absolute atomic E-state index is 0.0852. The topological polar surface area (TPSA) is 24.8 Å². The average molecular weight is 412 g/mol. The molecule has 138 valence electrons. The van der Waals surface area contributed by atoms with Crippen molar-refractivity contribution in [1.29, 1.82) is 0 Å². The Labute approximate surface area is 169 Å². The molecule has 2 aromatic carbocycles. The number of benzene rings is 2. The summed E-state index contributed by atoms with van der Waals surface area (Å²) in [6.07, 6.45) is 3.84. The molecule has 0 spiro atoms. The van der Waals surface area contributed by atoms with Gasteiger partial charge in [0.05, 0.1) is 25.6 Å². The number of hydrogen-bond donors (Lipinski definition) is 0. The van der Waals surface area contributed by atoms with Gasteiger partial charge in [-0.2, -0.15) is 0 Å². The summed E-state index contributed by atoms with van der Waals surface area (Å²) in [7, 11) is 0. The van der Waals surface area contributed by atoms with Crippen LogP contribution in [0.3, 0.4) is 0 Å². The SMILES string of the molecule is Clc1ccc(CCC(CN2C=NCC2)OCc2ccc(Cl)cc2Cl)cc1. The quantitative estimate of drug-likeness (QED) is 0.572. The monoisotopic (exact) mass is 410 g/mol. The summed E-state index contributed by atoms with van der Waals surface area (Å²) < 4.78 is 6.20. The van der Waals surface area contributed by atoms with Crippen LogP contribution in [-0.4, -0.2) is 37.0 Å². The first kappa shape index (κ1) is 19.5. The van der Waals surface area contributed by atoms with Gasteiger partial charge in [-0.25, -0.2) is 0 Å². The minimum Gasteiger partial charge on any atom is -0.372 e. The van der Waals surface area contributed by atoms with Crippen LogP contribution in [0.5, 0.6) is 0 Å². The lowest BCUT2D eigenvalue weighted by Gasteiger charge is -2.24. The van der Waals surface area contributed by atoms with Crippen LogP contribution in [0.15, 0.2) is 47.5 Å². The van der Waals surface area contributed by atoms with Crippen molar-refractivity contribution in [2.75, 3.05) is 19.6 Å². The molecule has 6 heteroatoms. The van der Waals surface area contributed by atoms with E-state index in [0.717, 1.165) is 43.1 Å². The Bertz CT molecular complexity index is 749. The molecule has 1 atom stereocenters. The van der Waals surface area contributed by atoms with Gasteiger partial charge in [0.25, 0.3) is 0 Å². The first-order chi connectivity index (χ1) is 12.6. The van der Waals surface area contributed by atoms with Gasteiger partial charge in [0.2, 0.25) is 0 Å². The van der Waals surface area contributed by atoms with E-state index in [1.165, 1.54) is 5.56 Å². The van der Waals surface area contributed by atoms with E-state index >= 15 is 0 Å². The molecular weight excluding hydrogens is 391 g/mol. The highest BCUT2D eigenvalue weighted by atomic mass is 35.5. The highest BCUT2D eigenvalue weighted by Crippen LogP contribution is 2.23. The summed E-state index contributed by atoms with van der Waals surface area (Å²) in [4.78, 5) is 6.49. The second-order valence-electron chi connectivity index (χ2n) is 6.35. The standard InChI is InChI=1S/C20H21Cl3N2O/c21-17-5-1-15(2-6-17)3-8-19(12-25-10-9-24-14-25)26-13-16-4-7-18(22)11-20(16)23/h1-2,4-7,11,14,19H,3,8-10,12-13H2. The molecule has 1 aliphatic rings. The lowest BCUT2D eigenvalue weighted by Crippen LogP contribution is -2.32. The Morgan fingerprint density at radius 2 is 1.81 bits per heavy atom. The molecule has 0 N–H and O–H groups in total. The molecule has 0 radical (unpaired) electrons. The fourth-order valence-corrected chi connectivity index (χ4v) is 3.46. The van der Waals surface area contributed by atoms with Crippen LogP contribution in [-0.2, 0) is 17.8 Å². The molecule has 0 amide bonds. The summed E-state index contributed by atoms with van der Waals surface area (Å²) >= 11 is 18.2. The highest BCUT2D eigenvalue weighted by molar-refractivity contribution is 6.35. The molecule has 0 aliphatic carbocycles. The molecule has 0 aromatic heterocycles. The Morgan fingerprint density at radius 3 is 2.50 bits per heavy atom. The smallest absolute Gasteiger partial charge is 0.0852 e. The van der Waals surface area contributed by atoms with Crippen molar-refractivity contribution in [2.45, 2.75) is 25.6 Å². The molecule has 1 unspecified atom stereocenters. The van der Waals surface area contributed by atoms with Gasteiger partial charge < -0.3 is 9.64 Å². The van der Waals surface area contributed by atoms with Crippen LogP contribution in [0.4, 0.5) is 0 Å². The van der Waals surface area contributed by atoms with Crippen LogP contribution in [0.2, 0.25) is 15.1 Å². The van der Waals surface area contributed by atoms with Gasteiger partial charge in [0, 0.05) is 28.2 Å². The molecule has 0 fully saturated rings. The molecule has 1 aliphatic heterocycles. The van der Waals surface area contributed by atoms with Crippen LogP contribution < -0.4 is 0 Å². The first-order valence-corrected chi connectivity index (χ1v) is 9.77. The molecule has 1 heterocycles. The van der Waals surface area contributed by atoms with Gasteiger partial charge in [-0.3, -0.25) is 4.99 Å². The fraction of sp³-hybridized carbons (Fsp3) is 0.350. The van der Waals surface area contributed by atoms with E-state index in [2.05, 4.69) is 22.0 Å². The van der Waals surface area contributed by atoms with E-state index in [0.29, 0.717) is 16.7 Å². The Hall–Kier alpha value is -1.26. The molecule has 3 nitrogen and oxygen atoms in total. The average Bonchev–Trinajstić information content (AvgIpc) is 3.13. The number of aliphatic imine (C=N–C) groups is 1. The van der Waals surface area contributed by atoms with Crippen molar-refractivity contribution in [3.8, 4) is 0 Å². The number of hydrogen-bond acceptors (Lipinski definition) is 3. The summed E-state index contributed by atoms with van der Waals surface area (Å²) in [5, 5.41) is 2.02.